The number of amides is 1. The molecular formula is C20H21F3N2O3S. The highest BCUT2D eigenvalue weighted by molar-refractivity contribution is 7.97. The molecule has 1 amide bonds. The van der Waals surface area contributed by atoms with Crippen LogP contribution in [0.1, 0.15) is 17.3 Å². The molecule has 0 saturated carbocycles. The monoisotopic (exact) mass is 426 g/mol. The van der Waals surface area contributed by atoms with E-state index in [4.69, 9.17) is 4.74 Å². The third-order valence-corrected chi connectivity index (χ3v) is 4.96. The lowest BCUT2D eigenvalue weighted by Crippen LogP contribution is -2.36. The number of ether oxygens (including phenoxy) is 2. The number of hydrogen-bond donors (Lipinski definition) is 1. The minimum Gasteiger partial charge on any atom is -0.491 e. The number of nitrogens with one attached hydrogen (secondary N) is 1. The summed E-state index contributed by atoms with van der Waals surface area (Å²) in [6.45, 7) is 4.16. The Labute approximate surface area is 171 Å². The Kier molecular flexibility index (Phi) is 6.92. The van der Waals surface area contributed by atoms with Gasteiger partial charge in [0.1, 0.15) is 18.1 Å². The maximum atomic E-state index is 13.0. The quantitative estimate of drug-likeness (QED) is 0.527. The van der Waals surface area contributed by atoms with Crippen molar-refractivity contribution in [2.24, 2.45) is 0 Å². The first-order chi connectivity index (χ1) is 13.9. The van der Waals surface area contributed by atoms with Crippen molar-refractivity contribution in [3.05, 3.63) is 48.0 Å². The van der Waals surface area contributed by atoms with Crippen LogP contribution < -0.4 is 14.2 Å². The summed E-state index contributed by atoms with van der Waals surface area (Å²) in [5.74, 6) is 1.03. The van der Waals surface area contributed by atoms with Gasteiger partial charge in [-0.3, -0.25) is 9.52 Å². The smallest absolute Gasteiger partial charge is 0.491 e. The van der Waals surface area contributed by atoms with Crippen LogP contribution in [0.5, 0.6) is 11.5 Å². The van der Waals surface area contributed by atoms with Crippen molar-refractivity contribution in [3.63, 3.8) is 0 Å². The normalized spacial score (nSPS) is 14.2. The van der Waals surface area contributed by atoms with E-state index in [2.05, 4.69) is 9.46 Å². The third kappa shape index (κ3) is 5.80. The van der Waals surface area contributed by atoms with Crippen LogP contribution >= 0.6 is 11.9 Å². The highest BCUT2D eigenvalue weighted by Crippen LogP contribution is 2.31. The van der Waals surface area contributed by atoms with E-state index in [-0.39, 0.29) is 11.7 Å². The first-order valence-corrected chi connectivity index (χ1v) is 10.1. The van der Waals surface area contributed by atoms with Gasteiger partial charge in [0, 0.05) is 18.8 Å². The highest BCUT2D eigenvalue weighted by atomic mass is 32.2. The molecule has 3 rings (SSSR count). The minimum atomic E-state index is -4.73. The fourth-order valence-electron chi connectivity index (χ4n) is 2.96. The summed E-state index contributed by atoms with van der Waals surface area (Å²) in [7, 11) is 0. The summed E-state index contributed by atoms with van der Waals surface area (Å²) < 4.78 is 49.8. The summed E-state index contributed by atoms with van der Waals surface area (Å²) in [6, 6.07) is 10.7. The molecule has 0 saturated heterocycles. The van der Waals surface area contributed by atoms with Crippen molar-refractivity contribution >= 4 is 17.9 Å². The zero-order chi connectivity index (χ0) is 20.9. The second-order valence-electron chi connectivity index (χ2n) is 6.25. The number of halogens is 3. The molecule has 0 fully saturated rings. The molecule has 2 aromatic rings. The molecule has 0 radical (unpaired) electrons. The highest BCUT2D eigenvalue weighted by Gasteiger charge is 2.31. The second-order valence-corrected chi connectivity index (χ2v) is 7.41. The van der Waals surface area contributed by atoms with Crippen LogP contribution in [0.2, 0.25) is 0 Å². The Balaban J connectivity index is 1.78. The molecule has 0 unspecified atom stereocenters. The Bertz CT molecular complexity index is 844. The van der Waals surface area contributed by atoms with Crippen LogP contribution in [0.25, 0.3) is 11.1 Å². The summed E-state index contributed by atoms with van der Waals surface area (Å²) in [4.78, 5) is 14.7. The van der Waals surface area contributed by atoms with Gasteiger partial charge < -0.3 is 14.4 Å². The largest absolute Gasteiger partial charge is 0.573 e. The molecule has 0 aromatic heterocycles. The lowest BCUT2D eigenvalue weighted by Gasteiger charge is -2.20. The minimum absolute atomic E-state index is 0.125. The van der Waals surface area contributed by atoms with E-state index in [0.29, 0.717) is 48.7 Å². The van der Waals surface area contributed by atoms with Crippen molar-refractivity contribution < 1.29 is 27.4 Å². The number of carbonyl (C=O) groups excluding carboxylic acids is 1. The Morgan fingerprint density at radius 3 is 2.59 bits per heavy atom. The van der Waals surface area contributed by atoms with Gasteiger partial charge in [0.15, 0.2) is 0 Å². The zero-order valence-corrected chi connectivity index (χ0v) is 16.6. The third-order valence-electron chi connectivity index (χ3n) is 4.27. The number of nitrogens with zero attached hydrogens (tertiary/aromatic N) is 1. The number of fused-ring (bicyclic) bond motifs is 1. The van der Waals surface area contributed by atoms with E-state index in [1.807, 2.05) is 6.92 Å². The van der Waals surface area contributed by atoms with E-state index in [1.54, 1.807) is 35.0 Å². The number of hydrogen-bond acceptors (Lipinski definition) is 5. The molecule has 0 spiro atoms. The molecule has 0 bridgehead atoms. The zero-order valence-electron chi connectivity index (χ0n) is 15.8. The van der Waals surface area contributed by atoms with E-state index < -0.39 is 6.36 Å². The van der Waals surface area contributed by atoms with E-state index in [1.165, 1.54) is 24.3 Å². The second kappa shape index (κ2) is 9.41. The van der Waals surface area contributed by atoms with Crippen LogP contribution in [0.3, 0.4) is 0 Å². The molecule has 1 aliphatic rings. The van der Waals surface area contributed by atoms with Gasteiger partial charge in [0.2, 0.25) is 0 Å². The van der Waals surface area contributed by atoms with Gasteiger partial charge in [-0.25, -0.2) is 0 Å². The number of rotatable bonds is 7. The standard InChI is InChI=1S/C20H21F3N2O3S/c1-2-29-24-9-10-25-11-12-27-18-8-5-15(13-17(18)19(25)26)14-3-6-16(7-4-14)28-20(21,22)23/h3-8,13,24H,2,9-12H2,1H3. The van der Waals surface area contributed by atoms with Gasteiger partial charge in [-0.2, -0.15) is 0 Å². The van der Waals surface area contributed by atoms with Gasteiger partial charge in [-0.15, -0.1) is 13.2 Å². The molecule has 0 aliphatic carbocycles. The topological polar surface area (TPSA) is 50.8 Å². The summed E-state index contributed by atoms with van der Waals surface area (Å²) in [6.07, 6.45) is -4.73. The van der Waals surface area contributed by atoms with Gasteiger partial charge in [0.05, 0.1) is 12.1 Å². The molecule has 1 aliphatic heterocycles. The van der Waals surface area contributed by atoms with Crippen molar-refractivity contribution in [2.75, 3.05) is 32.0 Å². The van der Waals surface area contributed by atoms with E-state index in [9.17, 15) is 18.0 Å². The van der Waals surface area contributed by atoms with Crippen LogP contribution in [0.15, 0.2) is 42.5 Å². The van der Waals surface area contributed by atoms with Gasteiger partial charge in [-0.05, 0) is 35.4 Å². The first kappa shape index (κ1) is 21.3. The number of alkyl halides is 3. The molecule has 1 N–H and O–H groups in total. The molecule has 5 nitrogen and oxygen atoms in total. The van der Waals surface area contributed by atoms with Crippen molar-refractivity contribution in [2.45, 2.75) is 13.3 Å². The summed E-state index contributed by atoms with van der Waals surface area (Å²) in [5.41, 5.74) is 1.83. The average molecular weight is 426 g/mol. The molecule has 29 heavy (non-hydrogen) atoms. The maximum Gasteiger partial charge on any atom is 0.573 e. The SMILES string of the molecule is CCSNCCN1CCOc2ccc(-c3ccc(OC(F)(F)F)cc3)cc2C1=O. The summed E-state index contributed by atoms with van der Waals surface area (Å²) in [5, 5.41) is 0. The Morgan fingerprint density at radius 1 is 1.17 bits per heavy atom. The van der Waals surface area contributed by atoms with Gasteiger partial charge in [0.25, 0.3) is 5.91 Å². The molecular weight excluding hydrogens is 405 g/mol. The van der Waals surface area contributed by atoms with Crippen LogP contribution in [-0.4, -0.2) is 49.2 Å². The molecule has 2 aromatic carbocycles. The van der Waals surface area contributed by atoms with Gasteiger partial charge >= 0.3 is 6.36 Å². The van der Waals surface area contributed by atoms with Crippen LogP contribution in [0, 0.1) is 0 Å². The molecule has 156 valence electrons. The number of benzene rings is 2. The van der Waals surface area contributed by atoms with E-state index in [0.717, 1.165) is 5.75 Å². The fraction of sp³-hybridized carbons (Fsp3) is 0.350. The fourth-order valence-corrected chi connectivity index (χ4v) is 3.40. The van der Waals surface area contributed by atoms with Crippen molar-refractivity contribution in [3.8, 4) is 22.6 Å². The molecule has 9 heteroatoms. The first-order valence-electron chi connectivity index (χ1n) is 9.14. The number of carbonyl (C=O) groups is 1. The summed E-state index contributed by atoms with van der Waals surface area (Å²) >= 11 is 1.59. The van der Waals surface area contributed by atoms with Crippen molar-refractivity contribution in [1.82, 2.24) is 9.62 Å². The predicted octanol–water partition coefficient (Wildman–Crippen LogP) is 4.34. The van der Waals surface area contributed by atoms with Crippen LogP contribution in [-0.2, 0) is 0 Å². The lowest BCUT2D eigenvalue weighted by atomic mass is 10.0. The molecule has 1 heterocycles. The van der Waals surface area contributed by atoms with Crippen molar-refractivity contribution in [1.29, 1.82) is 0 Å². The lowest BCUT2D eigenvalue weighted by molar-refractivity contribution is -0.274. The Hall–Kier alpha value is -2.39. The maximum absolute atomic E-state index is 13.0. The van der Waals surface area contributed by atoms with E-state index >= 15 is 0 Å². The Morgan fingerprint density at radius 2 is 1.90 bits per heavy atom. The van der Waals surface area contributed by atoms with Gasteiger partial charge in [-0.1, -0.05) is 37.1 Å². The molecule has 0 atom stereocenters. The predicted molar refractivity (Wildman–Crippen MR) is 106 cm³/mol. The van der Waals surface area contributed by atoms with Crippen LogP contribution in [0.4, 0.5) is 13.2 Å². The average Bonchev–Trinajstić information content (AvgIpc) is 2.83.